The minimum absolute atomic E-state index is 0.274. The first-order valence-corrected chi connectivity index (χ1v) is 7.50. The first kappa shape index (κ1) is 15.6. The van der Waals surface area contributed by atoms with Crippen LogP contribution < -0.4 is 4.74 Å². The van der Waals surface area contributed by atoms with E-state index in [1.165, 1.54) is 5.56 Å². The fraction of sp³-hybridized carbons (Fsp3) is 0.471. The second-order valence-electron chi connectivity index (χ2n) is 5.38. The summed E-state index contributed by atoms with van der Waals surface area (Å²) in [6.07, 6.45) is 2.72. The lowest BCUT2D eigenvalue weighted by molar-refractivity contribution is 0.144. The Hall–Kier alpha value is -1.81. The van der Waals surface area contributed by atoms with Crippen molar-refractivity contribution in [2.45, 2.75) is 45.3 Å². The molecule has 1 aromatic carbocycles. The van der Waals surface area contributed by atoms with Gasteiger partial charge >= 0.3 is 0 Å². The van der Waals surface area contributed by atoms with Gasteiger partial charge in [-0.2, -0.15) is 5.10 Å². The first-order valence-electron chi connectivity index (χ1n) is 7.50. The maximum atomic E-state index is 10.6. The molecule has 2 atom stereocenters. The number of aliphatic hydroxyl groups excluding tert-OH is 1. The molecule has 0 bridgehead atoms. The van der Waals surface area contributed by atoms with Crippen LogP contribution in [0.3, 0.4) is 0 Å². The van der Waals surface area contributed by atoms with Crippen LogP contribution in [0.15, 0.2) is 36.5 Å². The molecule has 0 aliphatic carbocycles. The van der Waals surface area contributed by atoms with Gasteiger partial charge in [-0.1, -0.05) is 44.2 Å². The predicted molar refractivity (Wildman–Crippen MR) is 83.5 cm³/mol. The molecule has 114 valence electrons. The van der Waals surface area contributed by atoms with Crippen molar-refractivity contribution in [3.63, 3.8) is 0 Å². The van der Waals surface area contributed by atoms with Gasteiger partial charge in [-0.25, -0.2) is 0 Å². The molecule has 0 spiro atoms. The average Bonchev–Trinajstić information content (AvgIpc) is 2.91. The summed E-state index contributed by atoms with van der Waals surface area (Å²) in [5.41, 5.74) is 2.01. The Kier molecular flexibility index (Phi) is 5.39. The van der Waals surface area contributed by atoms with E-state index in [0.717, 1.165) is 18.7 Å². The zero-order valence-electron chi connectivity index (χ0n) is 13.0. The molecule has 0 amide bonds. The van der Waals surface area contributed by atoms with Gasteiger partial charge < -0.3 is 9.84 Å². The summed E-state index contributed by atoms with van der Waals surface area (Å²) in [4.78, 5) is 0. The summed E-state index contributed by atoms with van der Waals surface area (Å²) in [6.45, 7) is 5.01. The molecular formula is C17H24N2O2. The van der Waals surface area contributed by atoms with E-state index in [9.17, 15) is 5.11 Å². The van der Waals surface area contributed by atoms with Crippen LogP contribution in [0.5, 0.6) is 5.75 Å². The van der Waals surface area contributed by atoms with Crippen molar-refractivity contribution in [3.8, 4) is 5.75 Å². The van der Waals surface area contributed by atoms with E-state index < -0.39 is 6.10 Å². The highest BCUT2D eigenvalue weighted by atomic mass is 16.5. The fourth-order valence-corrected chi connectivity index (χ4v) is 2.63. The Morgan fingerprint density at radius 1 is 1.29 bits per heavy atom. The van der Waals surface area contributed by atoms with Crippen LogP contribution >= 0.6 is 0 Å². The van der Waals surface area contributed by atoms with Crippen molar-refractivity contribution in [2.75, 3.05) is 7.11 Å². The van der Waals surface area contributed by atoms with Crippen molar-refractivity contribution >= 4 is 0 Å². The summed E-state index contributed by atoms with van der Waals surface area (Å²) in [7, 11) is 1.62. The van der Waals surface area contributed by atoms with Crippen molar-refractivity contribution in [2.24, 2.45) is 0 Å². The van der Waals surface area contributed by atoms with Crippen molar-refractivity contribution in [1.29, 1.82) is 0 Å². The van der Waals surface area contributed by atoms with Gasteiger partial charge in [0.25, 0.3) is 0 Å². The number of hydrogen-bond acceptors (Lipinski definition) is 3. The molecule has 0 aliphatic rings. The molecule has 0 fully saturated rings. The van der Waals surface area contributed by atoms with E-state index >= 15 is 0 Å². The van der Waals surface area contributed by atoms with Crippen molar-refractivity contribution < 1.29 is 9.84 Å². The molecule has 2 aromatic rings. The van der Waals surface area contributed by atoms with Crippen LogP contribution in [0.2, 0.25) is 0 Å². The highest BCUT2D eigenvalue weighted by Crippen LogP contribution is 2.32. The van der Waals surface area contributed by atoms with Crippen molar-refractivity contribution in [3.05, 3.63) is 47.8 Å². The molecule has 0 saturated carbocycles. The van der Waals surface area contributed by atoms with E-state index in [4.69, 9.17) is 4.74 Å². The first-order chi connectivity index (χ1) is 10.2. The molecule has 2 unspecified atom stereocenters. The third-order valence-corrected chi connectivity index (χ3v) is 3.76. The molecular weight excluding hydrogens is 264 g/mol. The van der Waals surface area contributed by atoms with E-state index in [1.807, 2.05) is 22.9 Å². The Balaban J connectivity index is 2.16. The second kappa shape index (κ2) is 7.27. The Bertz CT molecular complexity index is 551. The maximum Gasteiger partial charge on any atom is 0.162 e. The summed E-state index contributed by atoms with van der Waals surface area (Å²) in [5, 5.41) is 14.9. The molecule has 1 heterocycles. The molecule has 21 heavy (non-hydrogen) atoms. The predicted octanol–water partition coefficient (Wildman–Crippen LogP) is 3.53. The van der Waals surface area contributed by atoms with Crippen LogP contribution in [-0.4, -0.2) is 22.0 Å². The van der Waals surface area contributed by atoms with Gasteiger partial charge in [0.15, 0.2) is 5.75 Å². The summed E-state index contributed by atoms with van der Waals surface area (Å²) in [5.74, 6) is 0.937. The van der Waals surface area contributed by atoms with E-state index in [2.05, 4.69) is 31.1 Å². The van der Waals surface area contributed by atoms with Crippen LogP contribution in [0, 0.1) is 0 Å². The summed E-state index contributed by atoms with van der Waals surface area (Å²) in [6, 6.07) is 10.3. The van der Waals surface area contributed by atoms with E-state index in [1.54, 1.807) is 13.3 Å². The number of benzene rings is 1. The van der Waals surface area contributed by atoms with Crippen LogP contribution in [0.1, 0.15) is 50.0 Å². The number of hydrogen-bond donors (Lipinski definition) is 1. The van der Waals surface area contributed by atoms with Gasteiger partial charge in [-0.05, 0) is 24.3 Å². The smallest absolute Gasteiger partial charge is 0.162 e. The van der Waals surface area contributed by atoms with E-state index in [-0.39, 0.29) is 5.92 Å². The lowest BCUT2D eigenvalue weighted by Gasteiger charge is -2.19. The lowest BCUT2D eigenvalue weighted by atomic mass is 9.94. The van der Waals surface area contributed by atoms with E-state index in [0.29, 0.717) is 12.2 Å². The molecule has 4 nitrogen and oxygen atoms in total. The molecule has 2 rings (SSSR count). The molecule has 4 heteroatoms. The minimum Gasteiger partial charge on any atom is -0.493 e. The number of methoxy groups -OCH3 is 1. The monoisotopic (exact) mass is 288 g/mol. The molecule has 0 radical (unpaired) electrons. The molecule has 1 N–H and O–H groups in total. The Morgan fingerprint density at radius 2 is 2.00 bits per heavy atom. The van der Waals surface area contributed by atoms with Crippen LogP contribution in [0.25, 0.3) is 0 Å². The zero-order valence-corrected chi connectivity index (χ0v) is 13.0. The van der Waals surface area contributed by atoms with Gasteiger partial charge in [-0.3, -0.25) is 4.68 Å². The van der Waals surface area contributed by atoms with Gasteiger partial charge in [0.1, 0.15) is 5.69 Å². The molecule has 0 aliphatic heterocycles. The maximum absolute atomic E-state index is 10.6. The number of aromatic nitrogens is 2. The average molecular weight is 288 g/mol. The zero-order chi connectivity index (χ0) is 15.2. The fourth-order valence-electron chi connectivity index (χ4n) is 2.63. The topological polar surface area (TPSA) is 47.3 Å². The number of aliphatic hydroxyl groups is 1. The third-order valence-electron chi connectivity index (χ3n) is 3.76. The van der Waals surface area contributed by atoms with Crippen LogP contribution in [0.4, 0.5) is 0 Å². The Labute approximate surface area is 126 Å². The molecule has 0 saturated heterocycles. The standard InChI is InChI=1S/C17H24N2O2/c1-4-10-19-17(16(21-3)12-18-19)15(20)11-13(2)14-8-6-5-7-9-14/h5-9,12-13,15,20H,4,10-11H2,1-3H3. The van der Waals surface area contributed by atoms with Crippen LogP contribution in [-0.2, 0) is 6.54 Å². The van der Waals surface area contributed by atoms with Crippen molar-refractivity contribution in [1.82, 2.24) is 9.78 Å². The number of nitrogens with zero attached hydrogens (tertiary/aromatic N) is 2. The number of aryl methyl sites for hydroxylation is 1. The number of ether oxygens (including phenoxy) is 1. The lowest BCUT2D eigenvalue weighted by Crippen LogP contribution is -2.12. The normalized spacial score (nSPS) is 13.9. The van der Waals surface area contributed by atoms with Gasteiger partial charge in [0, 0.05) is 6.54 Å². The second-order valence-corrected chi connectivity index (χ2v) is 5.38. The largest absolute Gasteiger partial charge is 0.493 e. The third kappa shape index (κ3) is 3.64. The molecule has 1 aromatic heterocycles. The highest BCUT2D eigenvalue weighted by Gasteiger charge is 2.22. The minimum atomic E-state index is -0.579. The van der Waals surface area contributed by atoms with Gasteiger partial charge in [0.2, 0.25) is 0 Å². The number of rotatable bonds is 7. The van der Waals surface area contributed by atoms with Gasteiger partial charge in [0.05, 0.1) is 19.4 Å². The van der Waals surface area contributed by atoms with Gasteiger partial charge in [-0.15, -0.1) is 0 Å². The summed E-state index contributed by atoms with van der Waals surface area (Å²) >= 11 is 0. The highest BCUT2D eigenvalue weighted by molar-refractivity contribution is 5.28. The quantitative estimate of drug-likeness (QED) is 0.848. The Morgan fingerprint density at radius 3 is 2.62 bits per heavy atom. The SMILES string of the molecule is CCCn1ncc(OC)c1C(O)CC(C)c1ccccc1. The summed E-state index contributed by atoms with van der Waals surface area (Å²) < 4.78 is 7.19.